The molecule has 1 aliphatic heterocycles. The van der Waals surface area contributed by atoms with E-state index in [0.717, 1.165) is 10.0 Å². The summed E-state index contributed by atoms with van der Waals surface area (Å²) in [5.74, 6) is 0.725. The van der Waals surface area contributed by atoms with Gasteiger partial charge >= 0.3 is 0 Å². The van der Waals surface area contributed by atoms with Crippen LogP contribution in [0.3, 0.4) is 0 Å². The number of carbonyl (C=O) groups excluding carboxylic acids is 1. The first-order chi connectivity index (χ1) is 11.2. The fraction of sp³-hybridized carbons (Fsp3) is 0.278. The van der Waals surface area contributed by atoms with Crippen LogP contribution >= 0.6 is 15.9 Å². The second-order valence-electron chi connectivity index (χ2n) is 5.37. The first-order valence-electron chi connectivity index (χ1n) is 7.48. The van der Waals surface area contributed by atoms with Crippen LogP contribution in [0, 0.1) is 0 Å². The molecule has 2 aromatic carbocycles. The monoisotopic (exact) mass is 375 g/mol. The number of morpholine rings is 1. The van der Waals surface area contributed by atoms with Crippen molar-refractivity contribution >= 4 is 21.8 Å². The molecule has 0 radical (unpaired) electrons. The van der Waals surface area contributed by atoms with E-state index in [1.807, 2.05) is 35.2 Å². The van der Waals surface area contributed by atoms with Gasteiger partial charge in [-0.2, -0.15) is 0 Å². The Morgan fingerprint density at radius 2 is 2.04 bits per heavy atom. The third-order valence-corrected chi connectivity index (χ3v) is 4.54. The van der Waals surface area contributed by atoms with Crippen molar-refractivity contribution in [2.75, 3.05) is 26.8 Å². The Labute approximate surface area is 144 Å². The Bertz CT molecular complexity index is 690. The molecule has 1 fully saturated rings. The van der Waals surface area contributed by atoms with Gasteiger partial charge in [-0.05, 0) is 39.7 Å². The van der Waals surface area contributed by atoms with Gasteiger partial charge in [-0.3, -0.25) is 4.79 Å². The Kier molecular flexibility index (Phi) is 4.98. The minimum atomic E-state index is -0.0735. The van der Waals surface area contributed by atoms with E-state index < -0.39 is 0 Å². The normalized spacial score (nSPS) is 17.8. The molecule has 23 heavy (non-hydrogen) atoms. The third kappa shape index (κ3) is 3.57. The Morgan fingerprint density at radius 3 is 2.74 bits per heavy atom. The van der Waals surface area contributed by atoms with E-state index in [2.05, 4.69) is 15.9 Å². The van der Waals surface area contributed by atoms with E-state index in [9.17, 15) is 4.79 Å². The molecule has 0 bridgehead atoms. The molecule has 1 unspecified atom stereocenters. The summed E-state index contributed by atoms with van der Waals surface area (Å²) in [5.41, 5.74) is 1.74. The summed E-state index contributed by atoms with van der Waals surface area (Å²) in [6.45, 7) is 1.71. The van der Waals surface area contributed by atoms with Gasteiger partial charge in [0.2, 0.25) is 0 Å². The highest BCUT2D eigenvalue weighted by Crippen LogP contribution is 2.27. The van der Waals surface area contributed by atoms with Crippen LogP contribution in [0.4, 0.5) is 0 Å². The van der Waals surface area contributed by atoms with Crippen molar-refractivity contribution in [3.63, 3.8) is 0 Å². The summed E-state index contributed by atoms with van der Waals surface area (Å²) >= 11 is 3.43. The highest BCUT2D eigenvalue weighted by Gasteiger charge is 2.26. The van der Waals surface area contributed by atoms with Crippen LogP contribution in [0.5, 0.6) is 5.75 Å². The van der Waals surface area contributed by atoms with Crippen LogP contribution in [0.1, 0.15) is 22.0 Å². The molecule has 0 spiro atoms. The zero-order chi connectivity index (χ0) is 16.2. The molecule has 2 aromatic rings. The maximum atomic E-state index is 12.7. The van der Waals surface area contributed by atoms with Crippen LogP contribution in [-0.4, -0.2) is 37.6 Å². The van der Waals surface area contributed by atoms with Gasteiger partial charge in [-0.25, -0.2) is 0 Å². The molecule has 1 atom stereocenters. The molecule has 5 heteroatoms. The Morgan fingerprint density at radius 1 is 1.26 bits per heavy atom. The van der Waals surface area contributed by atoms with Crippen molar-refractivity contribution in [1.82, 2.24) is 4.90 Å². The smallest absolute Gasteiger partial charge is 0.254 e. The molecule has 0 N–H and O–H groups in total. The van der Waals surface area contributed by atoms with Gasteiger partial charge in [0.1, 0.15) is 11.9 Å². The fourth-order valence-electron chi connectivity index (χ4n) is 2.69. The van der Waals surface area contributed by atoms with Crippen molar-refractivity contribution in [1.29, 1.82) is 0 Å². The molecule has 1 amide bonds. The predicted octanol–water partition coefficient (Wildman–Crippen LogP) is 3.67. The second kappa shape index (κ2) is 7.15. The van der Waals surface area contributed by atoms with Crippen LogP contribution < -0.4 is 4.74 Å². The Balaban J connectivity index is 1.76. The van der Waals surface area contributed by atoms with E-state index in [0.29, 0.717) is 31.0 Å². The molecular formula is C18H18BrNO3. The highest BCUT2D eigenvalue weighted by molar-refractivity contribution is 9.10. The van der Waals surface area contributed by atoms with Gasteiger partial charge in [-0.1, -0.05) is 30.3 Å². The lowest BCUT2D eigenvalue weighted by Gasteiger charge is -2.33. The molecule has 0 saturated carbocycles. The number of amides is 1. The standard InChI is InChI=1S/C18H18BrNO3/c1-22-16-8-7-14(11-15(16)19)18(21)20-9-10-23-17(12-20)13-5-3-2-4-6-13/h2-8,11,17H,9-10,12H2,1H3. The number of methoxy groups -OCH3 is 1. The van der Waals surface area contributed by atoms with Gasteiger partial charge < -0.3 is 14.4 Å². The minimum Gasteiger partial charge on any atom is -0.496 e. The van der Waals surface area contributed by atoms with Crippen LogP contribution in [0.2, 0.25) is 0 Å². The Hall–Kier alpha value is -1.85. The lowest BCUT2D eigenvalue weighted by atomic mass is 10.1. The van der Waals surface area contributed by atoms with Crippen LogP contribution in [-0.2, 0) is 4.74 Å². The lowest BCUT2D eigenvalue weighted by molar-refractivity contribution is -0.0228. The maximum absolute atomic E-state index is 12.7. The van der Waals surface area contributed by atoms with Crippen molar-refractivity contribution in [3.8, 4) is 5.75 Å². The topological polar surface area (TPSA) is 38.8 Å². The van der Waals surface area contributed by atoms with Crippen LogP contribution in [0.15, 0.2) is 53.0 Å². The molecular weight excluding hydrogens is 358 g/mol. The number of hydrogen-bond donors (Lipinski definition) is 0. The summed E-state index contributed by atoms with van der Waals surface area (Å²) in [4.78, 5) is 14.6. The van der Waals surface area contributed by atoms with E-state index in [1.54, 1.807) is 25.3 Å². The van der Waals surface area contributed by atoms with Crippen molar-refractivity contribution < 1.29 is 14.3 Å². The van der Waals surface area contributed by atoms with Gasteiger partial charge in [0.15, 0.2) is 0 Å². The van der Waals surface area contributed by atoms with E-state index in [-0.39, 0.29) is 12.0 Å². The zero-order valence-corrected chi connectivity index (χ0v) is 14.5. The number of nitrogens with zero attached hydrogens (tertiary/aromatic N) is 1. The third-order valence-electron chi connectivity index (χ3n) is 3.92. The summed E-state index contributed by atoms with van der Waals surface area (Å²) in [7, 11) is 1.61. The molecule has 1 aliphatic rings. The fourth-order valence-corrected chi connectivity index (χ4v) is 3.23. The number of ether oxygens (including phenoxy) is 2. The van der Waals surface area contributed by atoms with Crippen molar-refractivity contribution in [2.24, 2.45) is 0 Å². The van der Waals surface area contributed by atoms with Crippen molar-refractivity contribution in [3.05, 3.63) is 64.1 Å². The average molecular weight is 376 g/mol. The molecule has 120 valence electrons. The van der Waals surface area contributed by atoms with Gasteiger partial charge in [-0.15, -0.1) is 0 Å². The second-order valence-corrected chi connectivity index (χ2v) is 6.22. The van der Waals surface area contributed by atoms with Crippen LogP contribution in [0.25, 0.3) is 0 Å². The number of halogens is 1. The zero-order valence-electron chi connectivity index (χ0n) is 12.9. The summed E-state index contributed by atoms with van der Waals surface area (Å²) in [5, 5.41) is 0. The molecule has 1 saturated heterocycles. The van der Waals surface area contributed by atoms with Gasteiger partial charge in [0, 0.05) is 12.1 Å². The molecule has 4 nitrogen and oxygen atoms in total. The maximum Gasteiger partial charge on any atom is 0.254 e. The van der Waals surface area contributed by atoms with E-state index in [4.69, 9.17) is 9.47 Å². The first kappa shape index (κ1) is 16.0. The average Bonchev–Trinajstić information content (AvgIpc) is 2.62. The minimum absolute atomic E-state index is 0.0117. The lowest BCUT2D eigenvalue weighted by Crippen LogP contribution is -2.42. The summed E-state index contributed by atoms with van der Waals surface area (Å²) < 4.78 is 11.8. The first-order valence-corrected chi connectivity index (χ1v) is 8.27. The van der Waals surface area contributed by atoms with Gasteiger partial charge in [0.25, 0.3) is 5.91 Å². The van der Waals surface area contributed by atoms with E-state index >= 15 is 0 Å². The molecule has 0 aromatic heterocycles. The molecule has 0 aliphatic carbocycles. The number of hydrogen-bond acceptors (Lipinski definition) is 3. The number of rotatable bonds is 3. The number of carbonyl (C=O) groups is 1. The van der Waals surface area contributed by atoms with Gasteiger partial charge in [0.05, 0.1) is 24.7 Å². The quantitative estimate of drug-likeness (QED) is 0.821. The number of benzene rings is 2. The largest absolute Gasteiger partial charge is 0.496 e. The SMILES string of the molecule is COc1ccc(C(=O)N2CCOC(c3ccccc3)C2)cc1Br. The highest BCUT2D eigenvalue weighted by atomic mass is 79.9. The van der Waals surface area contributed by atoms with E-state index in [1.165, 1.54) is 0 Å². The summed E-state index contributed by atoms with van der Waals surface area (Å²) in [6, 6.07) is 15.4. The molecule has 1 heterocycles. The summed E-state index contributed by atoms with van der Waals surface area (Å²) in [6.07, 6.45) is -0.0735. The van der Waals surface area contributed by atoms with Crippen molar-refractivity contribution in [2.45, 2.75) is 6.10 Å². The molecule has 3 rings (SSSR count). The predicted molar refractivity (Wildman–Crippen MR) is 91.7 cm³/mol.